The first-order valence-electron chi connectivity index (χ1n) is 8.34. The Kier molecular flexibility index (Phi) is 4.37. The summed E-state index contributed by atoms with van der Waals surface area (Å²) in [4.78, 5) is 0.158. The van der Waals surface area contributed by atoms with E-state index < -0.39 is 10.0 Å². The van der Waals surface area contributed by atoms with Crippen LogP contribution in [0.25, 0.3) is 0 Å². The predicted octanol–water partition coefficient (Wildman–Crippen LogP) is 4.13. The van der Waals surface area contributed by atoms with Crippen molar-refractivity contribution in [2.45, 2.75) is 11.5 Å². The maximum atomic E-state index is 12.8. The second kappa shape index (κ2) is 6.85. The van der Waals surface area contributed by atoms with Crippen LogP contribution in [0.1, 0.15) is 5.56 Å². The Labute approximate surface area is 157 Å². The summed E-state index contributed by atoms with van der Waals surface area (Å²) < 4.78 is 39.2. The maximum absolute atomic E-state index is 12.8. The summed E-state index contributed by atoms with van der Waals surface area (Å²) in [7, 11) is -2.21. The van der Waals surface area contributed by atoms with Crippen LogP contribution < -0.4 is 19.5 Å². The molecule has 27 heavy (non-hydrogen) atoms. The van der Waals surface area contributed by atoms with Gasteiger partial charge in [-0.15, -0.1) is 0 Å². The summed E-state index contributed by atoms with van der Waals surface area (Å²) in [6.07, 6.45) is 0. The molecule has 7 heteroatoms. The van der Waals surface area contributed by atoms with Gasteiger partial charge in [0.15, 0.2) is 0 Å². The van der Waals surface area contributed by atoms with E-state index in [2.05, 4.69) is 10.0 Å². The van der Waals surface area contributed by atoms with Crippen molar-refractivity contribution in [3.05, 3.63) is 72.3 Å². The lowest BCUT2D eigenvalue weighted by atomic mass is 10.1. The van der Waals surface area contributed by atoms with E-state index in [0.29, 0.717) is 23.7 Å². The highest BCUT2D eigenvalue weighted by Crippen LogP contribution is 2.38. The van der Waals surface area contributed by atoms with Crippen LogP contribution in [0.4, 0.5) is 17.1 Å². The molecule has 4 rings (SSSR count). The van der Waals surface area contributed by atoms with Crippen molar-refractivity contribution in [1.82, 2.24) is 0 Å². The molecule has 0 saturated carbocycles. The van der Waals surface area contributed by atoms with Crippen molar-refractivity contribution in [3.63, 3.8) is 0 Å². The van der Waals surface area contributed by atoms with Gasteiger partial charge in [-0.1, -0.05) is 24.3 Å². The Morgan fingerprint density at radius 1 is 1.00 bits per heavy atom. The molecule has 0 aliphatic carbocycles. The third-order valence-electron chi connectivity index (χ3n) is 4.29. The van der Waals surface area contributed by atoms with Crippen LogP contribution in [0.15, 0.2) is 71.6 Å². The summed E-state index contributed by atoms with van der Waals surface area (Å²) in [6.45, 7) is 0.345. The number of ether oxygens (including phenoxy) is 2. The monoisotopic (exact) mass is 382 g/mol. The minimum absolute atomic E-state index is 0.158. The molecule has 0 unspecified atom stereocenters. The summed E-state index contributed by atoms with van der Waals surface area (Å²) in [6, 6.07) is 19.2. The first kappa shape index (κ1) is 17.2. The van der Waals surface area contributed by atoms with Crippen LogP contribution in [-0.4, -0.2) is 15.5 Å². The third kappa shape index (κ3) is 3.41. The normalized spacial score (nSPS) is 12.6. The van der Waals surface area contributed by atoms with E-state index in [4.69, 9.17) is 9.47 Å². The van der Waals surface area contributed by atoms with Crippen molar-refractivity contribution in [2.75, 3.05) is 17.1 Å². The van der Waals surface area contributed by atoms with Crippen molar-refractivity contribution < 1.29 is 17.9 Å². The molecule has 0 amide bonds. The lowest BCUT2D eigenvalue weighted by molar-refractivity contribution is 0.311. The molecule has 138 valence electrons. The highest BCUT2D eigenvalue weighted by Gasteiger charge is 2.20. The minimum atomic E-state index is -3.75. The van der Waals surface area contributed by atoms with E-state index in [9.17, 15) is 8.42 Å². The van der Waals surface area contributed by atoms with Crippen molar-refractivity contribution in [3.8, 4) is 11.5 Å². The largest absolute Gasteiger partial charge is 0.497 e. The minimum Gasteiger partial charge on any atom is -0.497 e. The zero-order valence-corrected chi connectivity index (χ0v) is 15.4. The molecule has 0 aromatic heterocycles. The highest BCUT2D eigenvalue weighted by molar-refractivity contribution is 7.92. The zero-order valence-electron chi connectivity index (χ0n) is 14.6. The summed E-state index contributed by atoms with van der Waals surface area (Å²) >= 11 is 0. The van der Waals surface area contributed by atoms with Gasteiger partial charge in [0.05, 0.1) is 29.1 Å². The molecule has 3 aromatic rings. The molecule has 0 bridgehead atoms. The van der Waals surface area contributed by atoms with Gasteiger partial charge >= 0.3 is 0 Å². The Bertz CT molecular complexity index is 1080. The number of benzene rings is 3. The fraction of sp³-hybridized carbons (Fsp3) is 0.100. The number of methoxy groups -OCH3 is 1. The van der Waals surface area contributed by atoms with Gasteiger partial charge in [0.2, 0.25) is 0 Å². The van der Waals surface area contributed by atoms with Crippen LogP contribution in [0.3, 0.4) is 0 Å². The van der Waals surface area contributed by atoms with Crippen LogP contribution in [0.2, 0.25) is 0 Å². The summed E-state index contributed by atoms with van der Waals surface area (Å²) in [5.74, 6) is 1.32. The van der Waals surface area contributed by atoms with E-state index in [1.807, 2.05) is 30.3 Å². The molecule has 3 aromatic carbocycles. The van der Waals surface area contributed by atoms with Crippen molar-refractivity contribution in [1.29, 1.82) is 0 Å². The van der Waals surface area contributed by atoms with Gasteiger partial charge < -0.3 is 14.8 Å². The molecule has 0 atom stereocenters. The van der Waals surface area contributed by atoms with Gasteiger partial charge in [-0.3, -0.25) is 4.72 Å². The fourth-order valence-electron chi connectivity index (χ4n) is 2.90. The molecule has 0 fully saturated rings. The smallest absolute Gasteiger partial charge is 0.261 e. The molecule has 2 N–H and O–H groups in total. The SMILES string of the molecule is COc1ccc(S(=O)(=O)Nc2cccc3c2Nc2ccccc2OC3)cc1. The average molecular weight is 382 g/mol. The summed E-state index contributed by atoms with van der Waals surface area (Å²) in [5, 5.41) is 3.29. The highest BCUT2D eigenvalue weighted by atomic mass is 32.2. The van der Waals surface area contributed by atoms with E-state index in [1.165, 1.54) is 19.2 Å². The average Bonchev–Trinajstić information content (AvgIpc) is 2.88. The lowest BCUT2D eigenvalue weighted by Crippen LogP contribution is -2.14. The zero-order chi connectivity index (χ0) is 18.9. The molecule has 1 aliphatic heterocycles. The molecular formula is C20H18N2O4S. The number of para-hydroxylation sites is 3. The molecule has 0 spiro atoms. The van der Waals surface area contributed by atoms with Crippen LogP contribution in [0, 0.1) is 0 Å². The van der Waals surface area contributed by atoms with Gasteiger partial charge in [0, 0.05) is 5.56 Å². The second-order valence-electron chi connectivity index (χ2n) is 6.03. The Balaban J connectivity index is 1.69. The van der Waals surface area contributed by atoms with E-state index in [1.54, 1.807) is 24.3 Å². The first-order valence-corrected chi connectivity index (χ1v) is 9.83. The van der Waals surface area contributed by atoms with Crippen molar-refractivity contribution in [2.24, 2.45) is 0 Å². The van der Waals surface area contributed by atoms with Gasteiger partial charge in [-0.05, 0) is 42.5 Å². The Hall–Kier alpha value is -3.19. The Morgan fingerprint density at radius 3 is 2.56 bits per heavy atom. The molecular weight excluding hydrogens is 364 g/mol. The first-order chi connectivity index (χ1) is 13.1. The molecule has 6 nitrogen and oxygen atoms in total. The maximum Gasteiger partial charge on any atom is 0.261 e. The van der Waals surface area contributed by atoms with E-state index in [-0.39, 0.29) is 4.90 Å². The quantitative estimate of drug-likeness (QED) is 0.709. The lowest BCUT2D eigenvalue weighted by Gasteiger charge is -2.15. The number of nitrogens with one attached hydrogen (secondary N) is 2. The van der Waals surface area contributed by atoms with Gasteiger partial charge in [0.1, 0.15) is 18.1 Å². The number of anilines is 3. The van der Waals surface area contributed by atoms with Gasteiger partial charge in [0.25, 0.3) is 10.0 Å². The molecule has 0 saturated heterocycles. The van der Waals surface area contributed by atoms with Gasteiger partial charge in [-0.2, -0.15) is 0 Å². The standard InChI is InChI=1S/C20H18N2O4S/c1-25-15-9-11-16(12-10-15)27(23,24)22-18-7-4-5-14-13-26-19-8-3-2-6-17(19)21-20(14)18/h2-12,21-22H,13H2,1H3. The fourth-order valence-corrected chi connectivity index (χ4v) is 3.97. The molecule has 1 heterocycles. The van der Waals surface area contributed by atoms with E-state index >= 15 is 0 Å². The van der Waals surface area contributed by atoms with Crippen LogP contribution in [-0.2, 0) is 16.6 Å². The number of fused-ring (bicyclic) bond motifs is 2. The number of hydrogen-bond donors (Lipinski definition) is 2. The van der Waals surface area contributed by atoms with Crippen molar-refractivity contribution >= 4 is 27.1 Å². The second-order valence-corrected chi connectivity index (χ2v) is 7.71. The number of rotatable bonds is 4. The molecule has 1 aliphatic rings. The van der Waals surface area contributed by atoms with E-state index in [0.717, 1.165) is 17.0 Å². The Morgan fingerprint density at radius 2 is 1.78 bits per heavy atom. The van der Waals surface area contributed by atoms with Crippen LogP contribution >= 0.6 is 0 Å². The van der Waals surface area contributed by atoms with Gasteiger partial charge in [-0.25, -0.2) is 8.42 Å². The summed E-state index contributed by atoms with van der Waals surface area (Å²) in [5.41, 5.74) is 2.79. The number of hydrogen-bond acceptors (Lipinski definition) is 5. The third-order valence-corrected chi connectivity index (χ3v) is 5.68. The van der Waals surface area contributed by atoms with Crippen LogP contribution in [0.5, 0.6) is 11.5 Å². The molecule has 0 radical (unpaired) electrons. The number of sulfonamides is 1. The predicted molar refractivity (Wildman–Crippen MR) is 104 cm³/mol. The topological polar surface area (TPSA) is 76.7 Å².